The first-order valence-corrected chi connectivity index (χ1v) is 12.4. The molecule has 1 fully saturated rings. The van der Waals surface area contributed by atoms with Crippen molar-refractivity contribution in [2.75, 3.05) is 73.2 Å². The molecule has 2 aromatic carbocycles. The molecule has 0 unspecified atom stereocenters. The Morgan fingerprint density at radius 1 is 0.771 bits per heavy atom. The zero-order valence-electron chi connectivity index (χ0n) is 21.5. The van der Waals surface area contributed by atoms with Gasteiger partial charge in [-0.3, -0.25) is 14.6 Å². The van der Waals surface area contributed by atoms with Crippen LogP contribution in [0, 0.1) is 0 Å². The van der Waals surface area contributed by atoms with Crippen LogP contribution in [-0.2, 0) is 11.3 Å². The van der Waals surface area contributed by atoms with E-state index in [1.807, 2.05) is 44.2 Å². The lowest BCUT2D eigenvalue weighted by molar-refractivity contribution is -0.130. The van der Waals surface area contributed by atoms with Crippen LogP contribution in [0.25, 0.3) is 0 Å². The molecule has 0 radical (unpaired) electrons. The maximum absolute atomic E-state index is 11.9. The lowest BCUT2D eigenvalue weighted by Crippen LogP contribution is -2.48. The summed E-state index contributed by atoms with van der Waals surface area (Å²) >= 11 is 0. The quantitative estimate of drug-likeness (QED) is 0.404. The lowest BCUT2D eigenvalue weighted by atomic mass is 10.1. The number of hydrogen-bond acceptors (Lipinski definition) is 7. The minimum absolute atomic E-state index is 0.153. The number of carbonyl (C=O) groups is 1. The topological polar surface area (TPSA) is 63.7 Å². The second kappa shape index (κ2) is 13.8. The molecule has 1 heterocycles. The van der Waals surface area contributed by atoms with Gasteiger partial charge in [-0.15, -0.1) is 0 Å². The van der Waals surface area contributed by atoms with Gasteiger partial charge in [0.05, 0.1) is 19.8 Å². The van der Waals surface area contributed by atoms with E-state index < -0.39 is 0 Å². The number of likely N-dealkylation sites (N-methyl/N-ethyl adjacent to an activating group) is 1. The lowest BCUT2D eigenvalue weighted by Gasteiger charge is -2.34. The molecule has 0 atom stereocenters. The number of amides is 1. The molecule has 192 valence electrons. The summed E-state index contributed by atoms with van der Waals surface area (Å²) in [6.07, 6.45) is 0. The van der Waals surface area contributed by atoms with Crippen LogP contribution in [0.4, 0.5) is 0 Å². The molecular formula is C27H39N3O5. The number of ether oxygens (including phenoxy) is 4. The van der Waals surface area contributed by atoms with Crippen molar-refractivity contribution in [2.24, 2.45) is 0 Å². The van der Waals surface area contributed by atoms with Crippen LogP contribution in [0.1, 0.15) is 19.4 Å². The van der Waals surface area contributed by atoms with Gasteiger partial charge in [0.25, 0.3) is 0 Å². The third-order valence-corrected chi connectivity index (χ3v) is 5.78. The molecule has 0 N–H and O–H groups in total. The fraction of sp³-hybridized carbons (Fsp3) is 0.519. The maximum Gasteiger partial charge on any atom is 0.236 e. The van der Waals surface area contributed by atoms with Crippen LogP contribution in [0.2, 0.25) is 0 Å². The van der Waals surface area contributed by atoms with E-state index in [1.54, 1.807) is 19.0 Å². The van der Waals surface area contributed by atoms with E-state index in [-0.39, 0.29) is 5.91 Å². The predicted molar refractivity (Wildman–Crippen MR) is 137 cm³/mol. The standard InChI is InChI=1S/C27H39N3O5/c1-5-32-23-8-10-24(11-9-23)34-17-18-35-25-12-7-22(19-26(25)33-6-2)20-29-13-15-30(16-14-29)21-27(31)28(3)4/h7-12,19H,5-6,13-18,20-21H2,1-4H3. The number of carbonyl (C=O) groups excluding carboxylic acids is 1. The third kappa shape index (κ3) is 8.64. The van der Waals surface area contributed by atoms with Crippen LogP contribution < -0.4 is 18.9 Å². The van der Waals surface area contributed by atoms with Crippen LogP contribution in [0.15, 0.2) is 42.5 Å². The van der Waals surface area contributed by atoms with E-state index in [4.69, 9.17) is 18.9 Å². The SMILES string of the molecule is CCOc1ccc(OCCOc2ccc(CN3CCN(CC(=O)N(C)C)CC3)cc2OCC)cc1. The summed E-state index contributed by atoms with van der Waals surface area (Å²) in [5.41, 5.74) is 1.18. The van der Waals surface area contributed by atoms with E-state index in [0.717, 1.165) is 55.7 Å². The Morgan fingerprint density at radius 2 is 1.37 bits per heavy atom. The summed E-state index contributed by atoms with van der Waals surface area (Å²) in [6, 6.07) is 13.7. The summed E-state index contributed by atoms with van der Waals surface area (Å²) in [4.78, 5) is 18.2. The molecule has 0 aliphatic carbocycles. The van der Waals surface area contributed by atoms with Gasteiger partial charge >= 0.3 is 0 Å². The highest BCUT2D eigenvalue weighted by atomic mass is 16.5. The average molecular weight is 486 g/mol. The Morgan fingerprint density at radius 3 is 2.00 bits per heavy atom. The molecule has 0 aromatic heterocycles. The molecule has 0 saturated carbocycles. The zero-order chi connectivity index (χ0) is 25.0. The molecule has 8 nitrogen and oxygen atoms in total. The molecular weight excluding hydrogens is 446 g/mol. The Kier molecular flexibility index (Phi) is 10.5. The highest BCUT2D eigenvalue weighted by Crippen LogP contribution is 2.29. The summed E-state index contributed by atoms with van der Waals surface area (Å²) in [5, 5.41) is 0. The normalized spacial score (nSPS) is 14.4. The van der Waals surface area contributed by atoms with Gasteiger partial charge < -0.3 is 23.8 Å². The molecule has 35 heavy (non-hydrogen) atoms. The second-order valence-electron chi connectivity index (χ2n) is 8.66. The van der Waals surface area contributed by atoms with Crippen molar-refractivity contribution in [3.05, 3.63) is 48.0 Å². The first-order chi connectivity index (χ1) is 17.0. The van der Waals surface area contributed by atoms with Crippen molar-refractivity contribution in [1.29, 1.82) is 0 Å². The number of rotatable bonds is 13. The number of benzene rings is 2. The smallest absolute Gasteiger partial charge is 0.236 e. The van der Waals surface area contributed by atoms with Crippen molar-refractivity contribution < 1.29 is 23.7 Å². The van der Waals surface area contributed by atoms with Gasteiger partial charge in [-0.05, 0) is 55.8 Å². The monoisotopic (exact) mass is 485 g/mol. The average Bonchev–Trinajstić information content (AvgIpc) is 2.85. The van der Waals surface area contributed by atoms with Gasteiger partial charge in [0.1, 0.15) is 24.7 Å². The molecule has 3 rings (SSSR count). The number of piperazine rings is 1. The third-order valence-electron chi connectivity index (χ3n) is 5.78. The molecule has 1 amide bonds. The van der Waals surface area contributed by atoms with Gasteiger partial charge in [-0.2, -0.15) is 0 Å². The van der Waals surface area contributed by atoms with Crippen LogP contribution >= 0.6 is 0 Å². The minimum atomic E-state index is 0.153. The Balaban J connectivity index is 1.46. The van der Waals surface area contributed by atoms with E-state index in [9.17, 15) is 4.79 Å². The number of nitrogens with zero attached hydrogens (tertiary/aromatic N) is 3. The van der Waals surface area contributed by atoms with Gasteiger partial charge in [0, 0.05) is 46.8 Å². The van der Waals surface area contributed by atoms with E-state index >= 15 is 0 Å². The Labute approximate surface area is 209 Å². The highest BCUT2D eigenvalue weighted by Gasteiger charge is 2.20. The van der Waals surface area contributed by atoms with E-state index in [2.05, 4.69) is 21.9 Å². The van der Waals surface area contributed by atoms with Crippen LogP contribution in [-0.4, -0.2) is 93.9 Å². The van der Waals surface area contributed by atoms with E-state index in [1.165, 1.54) is 5.56 Å². The zero-order valence-corrected chi connectivity index (χ0v) is 21.5. The van der Waals surface area contributed by atoms with Crippen molar-refractivity contribution in [2.45, 2.75) is 20.4 Å². The van der Waals surface area contributed by atoms with Gasteiger partial charge in [-0.1, -0.05) is 6.07 Å². The fourth-order valence-electron chi connectivity index (χ4n) is 3.84. The molecule has 2 aromatic rings. The molecule has 8 heteroatoms. The van der Waals surface area contributed by atoms with Gasteiger partial charge in [0.2, 0.25) is 5.91 Å². The van der Waals surface area contributed by atoms with Crippen molar-refractivity contribution in [3.63, 3.8) is 0 Å². The maximum atomic E-state index is 11.9. The predicted octanol–water partition coefficient (Wildman–Crippen LogP) is 3.15. The molecule has 1 aliphatic heterocycles. The van der Waals surface area contributed by atoms with Crippen LogP contribution in [0.5, 0.6) is 23.0 Å². The Hall–Kier alpha value is -2.97. The molecule has 1 saturated heterocycles. The fourth-order valence-corrected chi connectivity index (χ4v) is 3.84. The summed E-state index contributed by atoms with van der Waals surface area (Å²) in [5.74, 6) is 3.24. The van der Waals surface area contributed by atoms with Gasteiger partial charge in [-0.25, -0.2) is 0 Å². The first-order valence-electron chi connectivity index (χ1n) is 12.4. The summed E-state index contributed by atoms with van der Waals surface area (Å²) in [6.45, 7) is 11.0. The minimum Gasteiger partial charge on any atom is -0.494 e. The first kappa shape index (κ1) is 26.6. The summed E-state index contributed by atoms with van der Waals surface area (Å²) in [7, 11) is 3.60. The van der Waals surface area contributed by atoms with Crippen molar-refractivity contribution >= 4 is 5.91 Å². The molecule has 0 spiro atoms. The van der Waals surface area contributed by atoms with Gasteiger partial charge in [0.15, 0.2) is 11.5 Å². The highest BCUT2D eigenvalue weighted by molar-refractivity contribution is 5.77. The number of hydrogen-bond donors (Lipinski definition) is 0. The van der Waals surface area contributed by atoms with Crippen molar-refractivity contribution in [3.8, 4) is 23.0 Å². The van der Waals surface area contributed by atoms with Crippen LogP contribution in [0.3, 0.4) is 0 Å². The second-order valence-corrected chi connectivity index (χ2v) is 8.66. The largest absolute Gasteiger partial charge is 0.494 e. The molecule has 1 aliphatic rings. The van der Waals surface area contributed by atoms with E-state index in [0.29, 0.717) is 33.0 Å². The summed E-state index contributed by atoms with van der Waals surface area (Å²) < 4.78 is 23.0. The Bertz CT molecular complexity index is 912. The molecule has 0 bridgehead atoms. The van der Waals surface area contributed by atoms with Crippen molar-refractivity contribution in [1.82, 2.24) is 14.7 Å².